The van der Waals surface area contributed by atoms with Gasteiger partial charge in [0.25, 0.3) is 0 Å². The van der Waals surface area contributed by atoms with Crippen LogP contribution in [-0.4, -0.2) is 39.9 Å². The first-order valence-corrected chi connectivity index (χ1v) is 7.30. The minimum Gasteiger partial charge on any atom is -0.364 e. The highest BCUT2D eigenvalue weighted by Crippen LogP contribution is 2.29. The van der Waals surface area contributed by atoms with Crippen molar-refractivity contribution in [3.05, 3.63) is 12.3 Å². The lowest BCUT2D eigenvalue weighted by Crippen LogP contribution is -2.41. The highest BCUT2D eigenvalue weighted by atomic mass is 15.3. The van der Waals surface area contributed by atoms with Crippen LogP contribution >= 0.6 is 0 Å². The molecule has 1 aromatic rings. The first-order chi connectivity index (χ1) is 8.74. The van der Waals surface area contributed by atoms with E-state index in [1.807, 2.05) is 4.68 Å². The smallest absolute Gasteiger partial charge is 0.148 e. The number of hydrogen-bond acceptors (Lipinski definition) is 3. The number of anilines is 1. The molecule has 0 bridgehead atoms. The predicted molar refractivity (Wildman–Crippen MR) is 73.9 cm³/mol. The molecular weight excluding hydrogens is 224 g/mol. The van der Waals surface area contributed by atoms with Gasteiger partial charge in [-0.15, -0.1) is 0 Å². The highest BCUT2D eigenvalue weighted by Gasteiger charge is 2.35. The van der Waals surface area contributed by atoms with Crippen molar-refractivity contribution in [3.63, 3.8) is 0 Å². The van der Waals surface area contributed by atoms with Crippen LogP contribution in [0.1, 0.15) is 45.6 Å². The molecule has 2 atom stereocenters. The SMILES string of the molecule is CC(C)n1ccc(NC2CCN3CCCCC23)n1. The summed E-state index contributed by atoms with van der Waals surface area (Å²) < 4.78 is 2.02. The van der Waals surface area contributed by atoms with Gasteiger partial charge in [-0.2, -0.15) is 5.10 Å². The molecule has 1 N–H and O–H groups in total. The second-order valence-electron chi connectivity index (χ2n) is 5.91. The van der Waals surface area contributed by atoms with Gasteiger partial charge in [-0.3, -0.25) is 9.58 Å². The molecule has 1 aromatic heterocycles. The third kappa shape index (κ3) is 2.26. The average Bonchev–Trinajstić information content (AvgIpc) is 2.98. The monoisotopic (exact) mass is 248 g/mol. The van der Waals surface area contributed by atoms with Gasteiger partial charge in [0.1, 0.15) is 5.82 Å². The van der Waals surface area contributed by atoms with Crippen LogP contribution in [0.15, 0.2) is 12.3 Å². The van der Waals surface area contributed by atoms with Gasteiger partial charge >= 0.3 is 0 Å². The Morgan fingerprint density at radius 3 is 2.94 bits per heavy atom. The molecule has 0 amide bonds. The van der Waals surface area contributed by atoms with Crippen LogP contribution < -0.4 is 5.32 Å². The van der Waals surface area contributed by atoms with Crippen LogP contribution in [-0.2, 0) is 0 Å². The topological polar surface area (TPSA) is 33.1 Å². The Morgan fingerprint density at radius 2 is 2.17 bits per heavy atom. The summed E-state index contributed by atoms with van der Waals surface area (Å²) in [5.41, 5.74) is 0. The Hall–Kier alpha value is -1.03. The number of hydrogen-bond donors (Lipinski definition) is 1. The van der Waals surface area contributed by atoms with Crippen molar-refractivity contribution in [2.45, 2.75) is 57.7 Å². The lowest BCUT2D eigenvalue weighted by Gasteiger charge is -2.32. The molecule has 2 saturated heterocycles. The summed E-state index contributed by atoms with van der Waals surface area (Å²) in [6.07, 6.45) is 7.45. The summed E-state index contributed by atoms with van der Waals surface area (Å²) in [6, 6.07) is 3.88. The molecule has 0 aliphatic carbocycles. The van der Waals surface area contributed by atoms with Crippen molar-refractivity contribution in [1.29, 1.82) is 0 Å². The third-order valence-electron chi connectivity index (χ3n) is 4.33. The Morgan fingerprint density at radius 1 is 1.28 bits per heavy atom. The predicted octanol–water partition coefficient (Wildman–Crippen LogP) is 2.50. The molecule has 4 nitrogen and oxygen atoms in total. The summed E-state index contributed by atoms with van der Waals surface area (Å²) in [5.74, 6) is 1.04. The molecule has 2 aliphatic rings. The van der Waals surface area contributed by atoms with Gasteiger partial charge in [0, 0.05) is 36.9 Å². The van der Waals surface area contributed by atoms with Gasteiger partial charge in [0.05, 0.1) is 0 Å². The Kier molecular flexibility index (Phi) is 3.29. The van der Waals surface area contributed by atoms with E-state index >= 15 is 0 Å². The number of piperidine rings is 1. The Bertz CT molecular complexity index is 398. The number of rotatable bonds is 3. The molecule has 18 heavy (non-hydrogen) atoms. The summed E-state index contributed by atoms with van der Waals surface area (Å²) in [7, 11) is 0. The van der Waals surface area contributed by atoms with Crippen LogP contribution in [0, 0.1) is 0 Å². The largest absolute Gasteiger partial charge is 0.364 e. The van der Waals surface area contributed by atoms with Crippen molar-refractivity contribution < 1.29 is 0 Å². The van der Waals surface area contributed by atoms with Crippen LogP contribution in [0.3, 0.4) is 0 Å². The maximum Gasteiger partial charge on any atom is 0.148 e. The fourth-order valence-electron chi connectivity index (χ4n) is 3.31. The van der Waals surface area contributed by atoms with E-state index in [4.69, 9.17) is 0 Å². The molecule has 4 heteroatoms. The highest BCUT2D eigenvalue weighted by molar-refractivity contribution is 5.35. The van der Waals surface area contributed by atoms with Crippen molar-refractivity contribution in [2.24, 2.45) is 0 Å². The quantitative estimate of drug-likeness (QED) is 0.892. The molecule has 0 saturated carbocycles. The molecule has 0 spiro atoms. The second kappa shape index (κ2) is 4.92. The summed E-state index contributed by atoms with van der Waals surface area (Å²) >= 11 is 0. The van der Waals surface area contributed by atoms with Gasteiger partial charge < -0.3 is 5.32 Å². The Balaban J connectivity index is 1.65. The number of nitrogens with one attached hydrogen (secondary N) is 1. The summed E-state index contributed by atoms with van der Waals surface area (Å²) in [5, 5.41) is 8.24. The zero-order valence-electron chi connectivity index (χ0n) is 11.5. The minimum atomic E-state index is 0.440. The molecule has 3 heterocycles. The van der Waals surface area contributed by atoms with Gasteiger partial charge in [-0.25, -0.2) is 0 Å². The van der Waals surface area contributed by atoms with Gasteiger partial charge in [0.15, 0.2) is 0 Å². The summed E-state index contributed by atoms with van der Waals surface area (Å²) in [6.45, 7) is 6.88. The fourth-order valence-corrected chi connectivity index (χ4v) is 3.31. The Labute approximate surface area is 109 Å². The van der Waals surface area contributed by atoms with E-state index in [2.05, 4.69) is 41.4 Å². The maximum absolute atomic E-state index is 4.60. The van der Waals surface area contributed by atoms with Crippen molar-refractivity contribution in [2.75, 3.05) is 18.4 Å². The van der Waals surface area contributed by atoms with Crippen LogP contribution in [0.25, 0.3) is 0 Å². The molecule has 3 rings (SSSR count). The lowest BCUT2D eigenvalue weighted by molar-refractivity contribution is 0.192. The molecular formula is C14H24N4. The van der Waals surface area contributed by atoms with E-state index in [-0.39, 0.29) is 0 Å². The van der Waals surface area contributed by atoms with E-state index in [0.717, 1.165) is 11.9 Å². The third-order valence-corrected chi connectivity index (χ3v) is 4.33. The van der Waals surface area contributed by atoms with E-state index in [1.165, 1.54) is 38.8 Å². The number of nitrogens with zero attached hydrogens (tertiary/aromatic N) is 3. The fraction of sp³-hybridized carbons (Fsp3) is 0.786. The van der Waals surface area contributed by atoms with Crippen molar-refractivity contribution in [3.8, 4) is 0 Å². The van der Waals surface area contributed by atoms with Gasteiger partial charge in [0.2, 0.25) is 0 Å². The average molecular weight is 248 g/mol. The number of fused-ring (bicyclic) bond motifs is 1. The molecule has 2 unspecified atom stereocenters. The van der Waals surface area contributed by atoms with E-state index in [9.17, 15) is 0 Å². The molecule has 2 aliphatic heterocycles. The van der Waals surface area contributed by atoms with Crippen molar-refractivity contribution in [1.82, 2.24) is 14.7 Å². The van der Waals surface area contributed by atoms with Gasteiger partial charge in [-0.1, -0.05) is 6.42 Å². The van der Waals surface area contributed by atoms with Crippen LogP contribution in [0.2, 0.25) is 0 Å². The number of aromatic nitrogens is 2. The lowest BCUT2D eigenvalue weighted by atomic mass is 9.99. The molecule has 100 valence electrons. The molecule has 2 fully saturated rings. The normalized spacial score (nSPS) is 28.6. The zero-order chi connectivity index (χ0) is 12.5. The van der Waals surface area contributed by atoms with Crippen molar-refractivity contribution >= 4 is 5.82 Å². The van der Waals surface area contributed by atoms with Crippen LogP contribution in [0.4, 0.5) is 5.82 Å². The van der Waals surface area contributed by atoms with E-state index < -0.39 is 0 Å². The molecule has 0 radical (unpaired) electrons. The maximum atomic E-state index is 4.60. The second-order valence-corrected chi connectivity index (χ2v) is 5.91. The molecule has 0 aromatic carbocycles. The van der Waals surface area contributed by atoms with Crippen LogP contribution in [0.5, 0.6) is 0 Å². The first kappa shape index (κ1) is 12.0. The minimum absolute atomic E-state index is 0.440. The first-order valence-electron chi connectivity index (χ1n) is 7.30. The standard InChI is InChI=1S/C14H24N4/c1-11(2)18-10-7-14(16-18)15-12-6-9-17-8-4-3-5-13(12)17/h7,10-13H,3-6,8-9H2,1-2H3,(H,15,16). The van der Waals surface area contributed by atoms with E-state index in [0.29, 0.717) is 12.1 Å². The van der Waals surface area contributed by atoms with Gasteiger partial charge in [-0.05, 0) is 39.7 Å². The summed E-state index contributed by atoms with van der Waals surface area (Å²) in [4.78, 5) is 2.65. The zero-order valence-corrected chi connectivity index (χ0v) is 11.5. The van der Waals surface area contributed by atoms with E-state index in [1.54, 1.807) is 0 Å².